The first-order valence-electron chi connectivity index (χ1n) is 11.8. The van der Waals surface area contributed by atoms with Gasteiger partial charge in [0.15, 0.2) is 5.60 Å². The number of nitrogens with zero attached hydrogens (tertiary/aromatic N) is 4. The van der Waals surface area contributed by atoms with E-state index in [0.29, 0.717) is 61.4 Å². The third-order valence-electron chi connectivity index (χ3n) is 6.98. The molecule has 0 unspecified atom stereocenters. The van der Waals surface area contributed by atoms with Crippen molar-refractivity contribution in [2.45, 2.75) is 50.5 Å². The molecule has 8 nitrogen and oxygen atoms in total. The molecular weight excluding hydrogens is 470 g/mol. The Hall–Kier alpha value is -3.66. The van der Waals surface area contributed by atoms with E-state index in [1.54, 1.807) is 34.1 Å². The van der Waals surface area contributed by atoms with Gasteiger partial charge in [-0.15, -0.1) is 10.2 Å². The molecule has 188 valence electrons. The van der Waals surface area contributed by atoms with Crippen molar-refractivity contribution >= 4 is 11.8 Å². The van der Waals surface area contributed by atoms with Crippen LogP contribution in [-0.2, 0) is 9.53 Å². The van der Waals surface area contributed by atoms with Gasteiger partial charge in [0.1, 0.15) is 12.1 Å². The summed E-state index contributed by atoms with van der Waals surface area (Å²) in [5.41, 5.74) is 0.526. The third kappa shape index (κ3) is 4.37. The van der Waals surface area contributed by atoms with Crippen LogP contribution in [0.5, 0.6) is 0 Å². The zero-order valence-electron chi connectivity index (χ0n) is 19.8. The minimum absolute atomic E-state index is 0.153. The van der Waals surface area contributed by atoms with Crippen LogP contribution in [0.3, 0.4) is 0 Å². The number of rotatable bonds is 5. The van der Waals surface area contributed by atoms with Gasteiger partial charge in [-0.25, -0.2) is 8.78 Å². The summed E-state index contributed by atoms with van der Waals surface area (Å²) < 4.78 is 38.5. The van der Waals surface area contributed by atoms with Crippen LogP contribution in [-0.4, -0.2) is 62.8 Å². The highest BCUT2D eigenvalue weighted by Gasteiger charge is 2.58. The monoisotopic (exact) mass is 496 g/mol. The Morgan fingerprint density at radius 1 is 1.22 bits per heavy atom. The molecule has 3 aliphatic heterocycles. The molecule has 0 radical (unpaired) electrons. The minimum atomic E-state index is -1.01. The lowest BCUT2D eigenvalue weighted by Crippen LogP contribution is -2.52. The molecule has 0 bridgehead atoms. The van der Waals surface area contributed by atoms with Crippen LogP contribution in [0.15, 0.2) is 71.0 Å². The number of fused-ring (bicyclic) bond motifs is 1. The molecule has 3 saturated heterocycles. The molecule has 0 N–H and O–H groups in total. The number of aromatic nitrogens is 2. The molecule has 1 aromatic carbocycles. The number of halogens is 2. The standard InChI is InChI=1S/C26H26F2N4O4/c1-16(12-20(28)13-17(2)27)21-6-7-22-32(21)25(34)26(36-22)8-10-31(11-9-26)24(33)19-5-3-4-18(14-19)23-30-29-15-35-23/h3-5,12-15,21-22H,1,6-11H2,2H3/b17-13+,20-12+/t21-,22+/m0/s1. The molecule has 2 aromatic rings. The number of amides is 2. The SMILES string of the molecule is C=C(/C=C(F)\C=C(/C)F)[C@@H]1CC[C@H]2OC3(CCN(C(=O)c4cccc(-c5nnco5)c4)CC3)C(=O)N21. The van der Waals surface area contributed by atoms with E-state index in [-0.39, 0.29) is 11.8 Å². The van der Waals surface area contributed by atoms with Gasteiger partial charge in [-0.3, -0.25) is 9.59 Å². The highest BCUT2D eigenvalue weighted by Crippen LogP contribution is 2.44. The molecule has 0 aliphatic carbocycles. The highest BCUT2D eigenvalue weighted by molar-refractivity contribution is 5.96. The first-order chi connectivity index (χ1) is 17.3. The fourth-order valence-corrected chi connectivity index (χ4v) is 5.25. The van der Waals surface area contributed by atoms with Gasteiger partial charge in [-0.05, 0) is 49.6 Å². The molecule has 36 heavy (non-hydrogen) atoms. The maximum Gasteiger partial charge on any atom is 0.257 e. The Balaban J connectivity index is 1.26. The third-order valence-corrected chi connectivity index (χ3v) is 6.98. The molecule has 0 saturated carbocycles. The lowest BCUT2D eigenvalue weighted by molar-refractivity contribution is -0.142. The molecular formula is C26H26F2N4O4. The summed E-state index contributed by atoms with van der Waals surface area (Å²) in [6.07, 6.45) is 4.69. The lowest BCUT2D eigenvalue weighted by Gasteiger charge is -2.37. The average molecular weight is 497 g/mol. The Labute approximate surface area is 206 Å². The predicted molar refractivity (Wildman–Crippen MR) is 126 cm³/mol. The van der Waals surface area contributed by atoms with E-state index >= 15 is 0 Å². The second-order valence-corrected chi connectivity index (χ2v) is 9.32. The maximum absolute atomic E-state index is 14.0. The van der Waals surface area contributed by atoms with Crippen molar-refractivity contribution in [1.82, 2.24) is 20.0 Å². The lowest BCUT2D eigenvalue weighted by atomic mass is 9.89. The number of likely N-dealkylation sites (tertiary alicyclic amines) is 1. The molecule has 3 fully saturated rings. The molecule has 1 spiro atoms. The van der Waals surface area contributed by atoms with E-state index in [9.17, 15) is 18.4 Å². The smallest absolute Gasteiger partial charge is 0.257 e. The number of carbonyl (C=O) groups is 2. The summed E-state index contributed by atoms with van der Waals surface area (Å²) in [6, 6.07) is 6.56. The first-order valence-corrected chi connectivity index (χ1v) is 11.8. The Kier molecular flexibility index (Phi) is 6.29. The fourth-order valence-electron chi connectivity index (χ4n) is 5.25. The number of hydrogen-bond acceptors (Lipinski definition) is 6. The van der Waals surface area contributed by atoms with E-state index in [4.69, 9.17) is 9.15 Å². The summed E-state index contributed by atoms with van der Waals surface area (Å²) in [6.45, 7) is 5.79. The zero-order chi connectivity index (χ0) is 25.4. The first kappa shape index (κ1) is 24.1. The molecule has 4 heterocycles. The maximum atomic E-state index is 14.0. The van der Waals surface area contributed by atoms with Crippen molar-refractivity contribution in [1.29, 1.82) is 0 Å². The minimum Gasteiger partial charge on any atom is -0.423 e. The number of carbonyl (C=O) groups excluding carboxylic acids is 2. The topological polar surface area (TPSA) is 88.8 Å². The summed E-state index contributed by atoms with van der Waals surface area (Å²) in [5, 5.41) is 7.55. The Morgan fingerprint density at radius 2 is 2.00 bits per heavy atom. The summed E-state index contributed by atoms with van der Waals surface area (Å²) >= 11 is 0. The summed E-state index contributed by atoms with van der Waals surface area (Å²) in [7, 11) is 0. The largest absolute Gasteiger partial charge is 0.423 e. The van der Waals surface area contributed by atoms with Crippen molar-refractivity contribution in [2.75, 3.05) is 13.1 Å². The van der Waals surface area contributed by atoms with Gasteiger partial charge in [0.05, 0.1) is 11.9 Å². The molecule has 5 rings (SSSR count). The van der Waals surface area contributed by atoms with Crippen molar-refractivity contribution in [3.63, 3.8) is 0 Å². The number of allylic oxidation sites excluding steroid dienone is 3. The molecule has 2 amide bonds. The van der Waals surface area contributed by atoms with Crippen LogP contribution < -0.4 is 0 Å². The van der Waals surface area contributed by atoms with E-state index < -0.39 is 29.5 Å². The summed E-state index contributed by atoms with van der Waals surface area (Å²) in [4.78, 5) is 30.0. The molecule has 2 atom stereocenters. The van der Waals surface area contributed by atoms with Crippen molar-refractivity contribution in [2.24, 2.45) is 0 Å². The van der Waals surface area contributed by atoms with Crippen LogP contribution >= 0.6 is 0 Å². The van der Waals surface area contributed by atoms with Crippen LogP contribution in [0.2, 0.25) is 0 Å². The summed E-state index contributed by atoms with van der Waals surface area (Å²) in [5.74, 6) is -1.38. The van der Waals surface area contributed by atoms with Crippen molar-refractivity contribution < 1.29 is 27.5 Å². The van der Waals surface area contributed by atoms with Gasteiger partial charge < -0.3 is 19.0 Å². The van der Waals surface area contributed by atoms with Crippen LogP contribution in [0.4, 0.5) is 8.78 Å². The van der Waals surface area contributed by atoms with Crippen LogP contribution in [0, 0.1) is 0 Å². The van der Waals surface area contributed by atoms with Crippen LogP contribution in [0.1, 0.15) is 43.0 Å². The van der Waals surface area contributed by atoms with E-state index in [1.165, 1.54) is 6.39 Å². The second kappa shape index (κ2) is 9.42. The molecule has 3 aliphatic rings. The van der Waals surface area contributed by atoms with Gasteiger partial charge in [-0.1, -0.05) is 12.6 Å². The Morgan fingerprint density at radius 3 is 2.69 bits per heavy atom. The van der Waals surface area contributed by atoms with Crippen molar-refractivity contribution in [3.8, 4) is 11.5 Å². The zero-order valence-corrected chi connectivity index (χ0v) is 19.8. The van der Waals surface area contributed by atoms with Gasteiger partial charge >= 0.3 is 0 Å². The van der Waals surface area contributed by atoms with Gasteiger partial charge in [-0.2, -0.15) is 0 Å². The Bertz CT molecular complexity index is 1240. The van der Waals surface area contributed by atoms with Crippen LogP contribution in [0.25, 0.3) is 11.5 Å². The molecule has 1 aromatic heterocycles. The average Bonchev–Trinajstić information content (AvgIpc) is 3.58. The number of piperidine rings is 1. The van der Waals surface area contributed by atoms with Gasteiger partial charge in [0, 0.05) is 43.1 Å². The highest BCUT2D eigenvalue weighted by atomic mass is 19.1. The van der Waals surface area contributed by atoms with E-state index in [2.05, 4.69) is 16.8 Å². The molecule has 10 heteroatoms. The second-order valence-electron chi connectivity index (χ2n) is 9.32. The van der Waals surface area contributed by atoms with E-state index in [1.807, 2.05) is 0 Å². The fraction of sp³-hybridized carbons (Fsp3) is 0.385. The van der Waals surface area contributed by atoms with E-state index in [0.717, 1.165) is 19.1 Å². The number of hydrogen-bond donors (Lipinski definition) is 0. The normalized spacial score (nSPS) is 23.9. The van der Waals surface area contributed by atoms with Crippen molar-refractivity contribution in [3.05, 3.63) is 72.2 Å². The quantitative estimate of drug-likeness (QED) is 0.572. The number of benzene rings is 1. The number of ether oxygens (including phenoxy) is 1. The van der Waals surface area contributed by atoms with Gasteiger partial charge in [0.2, 0.25) is 12.3 Å². The van der Waals surface area contributed by atoms with Gasteiger partial charge in [0.25, 0.3) is 11.8 Å². The predicted octanol–water partition coefficient (Wildman–Crippen LogP) is 4.34.